The van der Waals surface area contributed by atoms with E-state index < -0.39 is 0 Å². The average Bonchev–Trinajstić information content (AvgIpc) is 3.25. The number of nitrogens with zero attached hydrogens (tertiary/aromatic N) is 2. The van der Waals surface area contributed by atoms with Gasteiger partial charge < -0.3 is 14.5 Å². The van der Waals surface area contributed by atoms with Crippen molar-refractivity contribution in [1.29, 1.82) is 5.26 Å². The standard InChI is InChI=1S/C30H31N3O3/c1-17-6-24-25(7-18(17)2)33-28(32-24)23(16-31)11-19-4-5-26(27(12-19)35-3)36-29(34)30-13-20-8-21(14-30)10-22(9-20)15-30/h4-7,11-12,20-22H,8-10,13-15H2,1-3H3,(H,32,33)/b23-11-. The predicted molar refractivity (Wildman–Crippen MR) is 138 cm³/mol. The molecule has 4 bridgehead atoms. The van der Waals surface area contributed by atoms with Crippen LogP contribution in [0.3, 0.4) is 0 Å². The van der Waals surface area contributed by atoms with Crippen molar-refractivity contribution in [1.82, 2.24) is 9.97 Å². The lowest BCUT2D eigenvalue weighted by Crippen LogP contribution is -2.51. The fourth-order valence-corrected chi connectivity index (χ4v) is 7.14. The number of carbonyl (C=O) groups excluding carboxylic acids is 1. The van der Waals surface area contributed by atoms with Crippen LogP contribution in [0.4, 0.5) is 0 Å². The minimum Gasteiger partial charge on any atom is -0.493 e. The number of fused-ring (bicyclic) bond motifs is 1. The van der Waals surface area contributed by atoms with E-state index in [2.05, 4.69) is 23.0 Å². The lowest BCUT2D eigenvalue weighted by Gasteiger charge is -2.55. The monoisotopic (exact) mass is 481 g/mol. The second kappa shape index (κ2) is 8.51. The number of H-pyrrole nitrogens is 1. The first-order valence-electron chi connectivity index (χ1n) is 12.9. The molecule has 6 nitrogen and oxygen atoms in total. The van der Waals surface area contributed by atoms with E-state index in [1.807, 2.05) is 25.1 Å². The number of ether oxygens (including phenoxy) is 2. The van der Waals surface area contributed by atoms with Crippen LogP contribution >= 0.6 is 0 Å². The number of carbonyl (C=O) groups is 1. The van der Waals surface area contributed by atoms with Gasteiger partial charge in [0.05, 0.1) is 29.1 Å². The SMILES string of the molecule is COc1cc(/C=C(/C#N)c2nc3cc(C)c(C)cc3[nH]2)ccc1OC(=O)C12CC3CC(CC(C3)C1)C2. The molecular weight excluding hydrogens is 450 g/mol. The topological polar surface area (TPSA) is 88.0 Å². The molecule has 0 amide bonds. The number of nitrogens with one attached hydrogen (secondary N) is 1. The Morgan fingerprint density at radius 3 is 2.36 bits per heavy atom. The number of allylic oxidation sites excluding steroid dienone is 1. The van der Waals surface area contributed by atoms with Crippen molar-refractivity contribution in [2.24, 2.45) is 23.2 Å². The number of hydrogen-bond donors (Lipinski definition) is 1. The third-order valence-electron chi connectivity index (χ3n) is 8.65. The normalized spacial score (nSPS) is 26.7. The molecule has 4 aliphatic rings. The van der Waals surface area contributed by atoms with Crippen LogP contribution in [-0.4, -0.2) is 23.0 Å². The third kappa shape index (κ3) is 3.87. The van der Waals surface area contributed by atoms with Gasteiger partial charge in [0.25, 0.3) is 0 Å². The third-order valence-corrected chi connectivity index (χ3v) is 8.65. The van der Waals surface area contributed by atoms with Crippen molar-refractivity contribution in [3.63, 3.8) is 0 Å². The molecule has 0 spiro atoms. The van der Waals surface area contributed by atoms with Gasteiger partial charge in [-0.25, -0.2) is 4.98 Å². The first-order valence-corrected chi connectivity index (χ1v) is 12.9. The van der Waals surface area contributed by atoms with E-state index in [4.69, 9.17) is 9.47 Å². The van der Waals surface area contributed by atoms with E-state index in [1.54, 1.807) is 25.3 Å². The molecule has 6 heteroatoms. The highest BCUT2D eigenvalue weighted by molar-refractivity contribution is 5.91. The number of aryl methyl sites for hydroxylation is 2. The minimum absolute atomic E-state index is 0.103. The number of methoxy groups -OCH3 is 1. The molecule has 3 aromatic rings. The van der Waals surface area contributed by atoms with Gasteiger partial charge in [0, 0.05) is 0 Å². The van der Waals surface area contributed by atoms with Crippen LogP contribution in [0.5, 0.6) is 11.5 Å². The zero-order chi connectivity index (χ0) is 25.0. The lowest BCUT2D eigenvalue weighted by molar-refractivity contribution is -0.161. The van der Waals surface area contributed by atoms with Crippen LogP contribution in [0.2, 0.25) is 0 Å². The zero-order valence-electron chi connectivity index (χ0n) is 21.1. The molecule has 0 saturated heterocycles. The maximum atomic E-state index is 13.4. The maximum absolute atomic E-state index is 13.4. The highest BCUT2D eigenvalue weighted by Gasteiger charge is 2.55. The summed E-state index contributed by atoms with van der Waals surface area (Å²) in [7, 11) is 1.57. The Hall–Kier alpha value is -3.59. The number of nitriles is 1. The summed E-state index contributed by atoms with van der Waals surface area (Å²) in [6.45, 7) is 4.11. The van der Waals surface area contributed by atoms with E-state index in [9.17, 15) is 10.1 Å². The highest BCUT2D eigenvalue weighted by Crippen LogP contribution is 2.60. The quantitative estimate of drug-likeness (QED) is 0.260. The molecule has 0 radical (unpaired) electrons. The zero-order valence-corrected chi connectivity index (χ0v) is 21.1. The number of aromatic amines is 1. The highest BCUT2D eigenvalue weighted by atomic mass is 16.6. The average molecular weight is 482 g/mol. The van der Waals surface area contributed by atoms with Gasteiger partial charge in [0.2, 0.25) is 0 Å². The Kier molecular flexibility index (Phi) is 5.40. The van der Waals surface area contributed by atoms with E-state index >= 15 is 0 Å². The van der Waals surface area contributed by atoms with Crippen molar-refractivity contribution in [3.05, 3.63) is 52.8 Å². The summed E-state index contributed by atoms with van der Waals surface area (Å²) in [5.41, 5.74) is 4.92. The summed E-state index contributed by atoms with van der Waals surface area (Å²) in [5, 5.41) is 9.85. The molecule has 4 fully saturated rings. The Morgan fingerprint density at radius 1 is 1.06 bits per heavy atom. The molecule has 0 unspecified atom stereocenters. The largest absolute Gasteiger partial charge is 0.493 e. The van der Waals surface area contributed by atoms with Gasteiger partial charge >= 0.3 is 5.97 Å². The van der Waals surface area contributed by atoms with E-state index in [1.165, 1.54) is 24.8 Å². The number of esters is 1. The fourth-order valence-electron chi connectivity index (χ4n) is 7.14. The van der Waals surface area contributed by atoms with Crippen molar-refractivity contribution < 1.29 is 14.3 Å². The summed E-state index contributed by atoms with van der Waals surface area (Å²) in [6, 6.07) is 11.7. The summed E-state index contributed by atoms with van der Waals surface area (Å²) in [6.07, 6.45) is 8.49. The number of hydrogen-bond acceptors (Lipinski definition) is 5. The van der Waals surface area contributed by atoms with Crippen molar-refractivity contribution in [3.8, 4) is 17.6 Å². The van der Waals surface area contributed by atoms with Gasteiger partial charge in [0.15, 0.2) is 11.5 Å². The van der Waals surface area contributed by atoms with Gasteiger partial charge in [-0.3, -0.25) is 4.79 Å². The second-order valence-electron chi connectivity index (χ2n) is 11.2. The van der Waals surface area contributed by atoms with Crippen LogP contribution in [0.25, 0.3) is 22.7 Å². The first-order chi connectivity index (χ1) is 17.4. The number of rotatable bonds is 5. The van der Waals surface area contributed by atoms with Gasteiger partial charge in [-0.05, 0) is 117 Å². The summed E-state index contributed by atoms with van der Waals surface area (Å²) in [5.74, 6) is 3.36. The van der Waals surface area contributed by atoms with Gasteiger partial charge in [-0.2, -0.15) is 5.26 Å². The van der Waals surface area contributed by atoms with E-state index in [0.29, 0.717) is 40.7 Å². The van der Waals surface area contributed by atoms with Gasteiger partial charge in [0.1, 0.15) is 11.9 Å². The Labute approximate surface area is 211 Å². The second-order valence-corrected chi connectivity index (χ2v) is 11.2. The van der Waals surface area contributed by atoms with Crippen LogP contribution in [0.15, 0.2) is 30.3 Å². The molecule has 36 heavy (non-hydrogen) atoms. The van der Waals surface area contributed by atoms with Crippen LogP contribution < -0.4 is 9.47 Å². The lowest BCUT2D eigenvalue weighted by atomic mass is 9.49. The molecule has 0 aliphatic heterocycles. The fraction of sp³-hybridized carbons (Fsp3) is 0.433. The van der Waals surface area contributed by atoms with E-state index in [0.717, 1.165) is 41.4 Å². The molecule has 1 aromatic heterocycles. The summed E-state index contributed by atoms with van der Waals surface area (Å²) >= 11 is 0. The molecule has 7 rings (SSSR count). The van der Waals surface area contributed by atoms with Crippen molar-refractivity contribution >= 4 is 28.7 Å². The predicted octanol–water partition coefficient (Wildman–Crippen LogP) is 6.37. The van der Waals surface area contributed by atoms with Crippen LogP contribution in [-0.2, 0) is 4.79 Å². The van der Waals surface area contributed by atoms with Gasteiger partial charge in [-0.1, -0.05) is 6.07 Å². The van der Waals surface area contributed by atoms with Gasteiger partial charge in [-0.15, -0.1) is 0 Å². The molecule has 1 N–H and O–H groups in total. The smallest absolute Gasteiger partial charge is 0.317 e. The number of imidazole rings is 1. The molecule has 2 aromatic carbocycles. The summed E-state index contributed by atoms with van der Waals surface area (Å²) in [4.78, 5) is 21.3. The Balaban J connectivity index is 1.26. The van der Waals surface area contributed by atoms with Crippen molar-refractivity contribution in [2.45, 2.75) is 52.4 Å². The maximum Gasteiger partial charge on any atom is 0.317 e. The Morgan fingerprint density at radius 2 is 1.72 bits per heavy atom. The Bertz CT molecular complexity index is 1370. The molecule has 1 heterocycles. The molecule has 0 atom stereocenters. The van der Waals surface area contributed by atoms with Crippen LogP contribution in [0, 0.1) is 48.3 Å². The summed E-state index contributed by atoms with van der Waals surface area (Å²) < 4.78 is 11.6. The molecule has 4 saturated carbocycles. The molecule has 184 valence electrons. The van der Waals surface area contributed by atoms with Crippen LogP contribution in [0.1, 0.15) is 61.0 Å². The number of benzene rings is 2. The van der Waals surface area contributed by atoms with Crippen molar-refractivity contribution in [2.75, 3.05) is 7.11 Å². The number of aromatic nitrogens is 2. The molecule has 4 aliphatic carbocycles. The minimum atomic E-state index is -0.329. The molecular formula is C30H31N3O3. The first kappa shape index (κ1) is 22.8. The van der Waals surface area contributed by atoms with E-state index in [-0.39, 0.29) is 11.4 Å².